The summed E-state index contributed by atoms with van der Waals surface area (Å²) in [5.74, 6) is -0.265. The number of hydrogen-bond acceptors (Lipinski definition) is 3. The summed E-state index contributed by atoms with van der Waals surface area (Å²) in [4.78, 5) is 25.9. The van der Waals surface area contributed by atoms with E-state index in [1.807, 2.05) is 19.1 Å². The molecule has 1 saturated heterocycles. The van der Waals surface area contributed by atoms with Crippen LogP contribution in [0, 0.1) is 11.8 Å². The fourth-order valence-electron chi connectivity index (χ4n) is 2.87. The van der Waals surface area contributed by atoms with Gasteiger partial charge in [-0.3, -0.25) is 14.5 Å². The highest BCUT2D eigenvalue weighted by molar-refractivity contribution is 6.05. The quantitative estimate of drug-likeness (QED) is 0.586. The maximum absolute atomic E-state index is 12.2. The molecule has 3 atom stereocenters. The Labute approximate surface area is 102 Å². The minimum atomic E-state index is -0.126. The molecule has 17 heavy (non-hydrogen) atoms. The van der Waals surface area contributed by atoms with E-state index < -0.39 is 0 Å². The Bertz CT molecular complexity index is 325. The third kappa shape index (κ3) is 2.02. The van der Waals surface area contributed by atoms with Gasteiger partial charge in [0.2, 0.25) is 11.8 Å². The van der Waals surface area contributed by atoms with Crippen LogP contribution in [0.4, 0.5) is 0 Å². The van der Waals surface area contributed by atoms with Crippen LogP contribution in [0.5, 0.6) is 0 Å². The van der Waals surface area contributed by atoms with E-state index in [0.29, 0.717) is 19.4 Å². The van der Waals surface area contributed by atoms with Gasteiger partial charge in [-0.2, -0.15) is 0 Å². The van der Waals surface area contributed by atoms with Gasteiger partial charge in [-0.1, -0.05) is 25.5 Å². The van der Waals surface area contributed by atoms with Gasteiger partial charge in [0.05, 0.1) is 17.9 Å². The number of amides is 2. The van der Waals surface area contributed by atoms with Gasteiger partial charge in [-0.25, -0.2) is 0 Å². The molecule has 1 heterocycles. The molecule has 1 unspecified atom stereocenters. The normalized spacial score (nSPS) is 29.6. The molecule has 0 radical (unpaired) electrons. The fraction of sp³-hybridized carbons (Fsp3) is 0.692. The van der Waals surface area contributed by atoms with Crippen LogP contribution < -0.4 is 5.73 Å². The van der Waals surface area contributed by atoms with Gasteiger partial charge in [0.1, 0.15) is 0 Å². The molecule has 0 aromatic rings. The molecule has 1 fully saturated rings. The lowest BCUT2D eigenvalue weighted by molar-refractivity contribution is -0.142. The molecule has 2 N–H and O–H groups in total. The zero-order valence-corrected chi connectivity index (χ0v) is 10.3. The highest BCUT2D eigenvalue weighted by atomic mass is 16.2. The van der Waals surface area contributed by atoms with Crippen LogP contribution in [0.2, 0.25) is 0 Å². The van der Waals surface area contributed by atoms with E-state index in [9.17, 15) is 9.59 Å². The maximum Gasteiger partial charge on any atom is 0.233 e. The number of carbonyl (C=O) groups excluding carboxylic acids is 2. The van der Waals surface area contributed by atoms with Crippen molar-refractivity contribution in [2.75, 3.05) is 6.54 Å². The van der Waals surface area contributed by atoms with Crippen molar-refractivity contribution >= 4 is 11.8 Å². The van der Waals surface area contributed by atoms with Gasteiger partial charge in [0, 0.05) is 6.54 Å². The second kappa shape index (κ2) is 5.00. The molecule has 94 valence electrons. The van der Waals surface area contributed by atoms with Gasteiger partial charge in [0.15, 0.2) is 0 Å². The van der Waals surface area contributed by atoms with Crippen LogP contribution >= 0.6 is 0 Å². The van der Waals surface area contributed by atoms with E-state index in [2.05, 4.69) is 0 Å². The van der Waals surface area contributed by atoms with E-state index in [1.165, 1.54) is 4.90 Å². The first-order valence-corrected chi connectivity index (χ1v) is 6.42. The lowest BCUT2D eigenvalue weighted by atomic mass is 9.85. The van der Waals surface area contributed by atoms with Crippen molar-refractivity contribution in [3.63, 3.8) is 0 Å². The predicted octanol–water partition coefficient (Wildman–Crippen LogP) is 1.06. The Morgan fingerprint density at radius 3 is 2.24 bits per heavy atom. The van der Waals surface area contributed by atoms with Gasteiger partial charge < -0.3 is 5.73 Å². The molecule has 0 aromatic heterocycles. The van der Waals surface area contributed by atoms with Crippen molar-refractivity contribution < 1.29 is 9.59 Å². The average Bonchev–Trinajstić information content (AvgIpc) is 2.61. The zero-order valence-electron chi connectivity index (χ0n) is 10.3. The summed E-state index contributed by atoms with van der Waals surface area (Å²) in [7, 11) is 0. The lowest BCUT2D eigenvalue weighted by Gasteiger charge is -2.25. The van der Waals surface area contributed by atoms with Crippen molar-refractivity contribution in [1.29, 1.82) is 0 Å². The van der Waals surface area contributed by atoms with Crippen LogP contribution in [0.15, 0.2) is 12.2 Å². The number of fused-ring (bicyclic) bond motifs is 1. The van der Waals surface area contributed by atoms with Gasteiger partial charge in [-0.15, -0.1) is 0 Å². The number of nitrogens with zero attached hydrogens (tertiary/aromatic N) is 1. The van der Waals surface area contributed by atoms with Crippen molar-refractivity contribution in [2.24, 2.45) is 17.6 Å². The molecule has 4 nitrogen and oxygen atoms in total. The summed E-state index contributed by atoms with van der Waals surface area (Å²) < 4.78 is 0. The van der Waals surface area contributed by atoms with Crippen molar-refractivity contribution in [2.45, 2.75) is 38.6 Å². The number of nitrogens with two attached hydrogens (primary N) is 1. The largest absolute Gasteiger partial charge is 0.328 e. The van der Waals surface area contributed by atoms with Crippen molar-refractivity contribution in [1.82, 2.24) is 4.90 Å². The van der Waals surface area contributed by atoms with Gasteiger partial charge in [-0.05, 0) is 19.3 Å². The van der Waals surface area contributed by atoms with Crippen LogP contribution in [-0.4, -0.2) is 29.3 Å². The smallest absolute Gasteiger partial charge is 0.233 e. The second-order valence-electron chi connectivity index (χ2n) is 4.88. The standard InChI is InChI=1S/C13H20N2O2/c1-2-5-9(8-14)15-12(16)10-6-3-4-7-11(10)13(15)17/h3-4,9-11H,2,5-8,14H2,1H3/t9?,10-,11+. The first kappa shape index (κ1) is 12.3. The molecule has 1 aliphatic carbocycles. The first-order valence-electron chi connectivity index (χ1n) is 6.42. The summed E-state index contributed by atoms with van der Waals surface area (Å²) in [5.41, 5.74) is 5.69. The number of imide groups is 1. The molecule has 4 heteroatoms. The molecule has 2 aliphatic rings. The fourth-order valence-corrected chi connectivity index (χ4v) is 2.87. The Kier molecular flexibility index (Phi) is 3.62. The van der Waals surface area contributed by atoms with Crippen LogP contribution in [0.25, 0.3) is 0 Å². The average molecular weight is 236 g/mol. The molecule has 0 bridgehead atoms. The Balaban J connectivity index is 2.19. The van der Waals surface area contributed by atoms with Crippen LogP contribution in [-0.2, 0) is 9.59 Å². The third-order valence-corrected chi connectivity index (χ3v) is 3.80. The van der Waals surface area contributed by atoms with E-state index in [1.54, 1.807) is 0 Å². The van der Waals surface area contributed by atoms with Crippen LogP contribution in [0.1, 0.15) is 32.6 Å². The number of allylic oxidation sites excluding steroid dienone is 2. The SMILES string of the molecule is CCCC(CN)N1C(=O)[C@H]2CC=CC[C@H]2C1=O. The number of rotatable bonds is 4. The number of likely N-dealkylation sites (tertiary alicyclic amines) is 1. The molecular formula is C13H20N2O2. The molecule has 0 saturated carbocycles. The number of carbonyl (C=O) groups is 2. The molecule has 1 aliphatic heterocycles. The van der Waals surface area contributed by atoms with E-state index in [0.717, 1.165) is 12.8 Å². The predicted molar refractivity (Wildman–Crippen MR) is 65.0 cm³/mol. The molecule has 2 rings (SSSR count). The highest BCUT2D eigenvalue weighted by Crippen LogP contribution is 2.36. The third-order valence-electron chi connectivity index (χ3n) is 3.80. The van der Waals surface area contributed by atoms with E-state index in [-0.39, 0.29) is 29.7 Å². The van der Waals surface area contributed by atoms with Gasteiger partial charge in [0.25, 0.3) is 0 Å². The Morgan fingerprint density at radius 1 is 1.29 bits per heavy atom. The Hall–Kier alpha value is -1.16. The maximum atomic E-state index is 12.2. The summed E-state index contributed by atoms with van der Waals surface area (Å²) in [6.07, 6.45) is 7.16. The summed E-state index contributed by atoms with van der Waals surface area (Å²) in [6.45, 7) is 2.42. The first-order chi connectivity index (χ1) is 8.20. The topological polar surface area (TPSA) is 63.4 Å². The van der Waals surface area contributed by atoms with Gasteiger partial charge >= 0.3 is 0 Å². The summed E-state index contributed by atoms with van der Waals surface area (Å²) >= 11 is 0. The van der Waals surface area contributed by atoms with E-state index >= 15 is 0 Å². The summed E-state index contributed by atoms with van der Waals surface area (Å²) in [6, 6.07) is -0.106. The molecule has 0 aromatic carbocycles. The minimum absolute atomic E-state index is 0.00625. The minimum Gasteiger partial charge on any atom is -0.328 e. The number of hydrogen-bond donors (Lipinski definition) is 1. The molecule has 0 spiro atoms. The zero-order chi connectivity index (χ0) is 12.4. The highest BCUT2D eigenvalue weighted by Gasteiger charge is 2.49. The Morgan fingerprint density at radius 2 is 1.82 bits per heavy atom. The van der Waals surface area contributed by atoms with Crippen LogP contribution in [0.3, 0.4) is 0 Å². The lowest BCUT2D eigenvalue weighted by Crippen LogP contribution is -2.44. The monoisotopic (exact) mass is 236 g/mol. The van der Waals surface area contributed by atoms with E-state index in [4.69, 9.17) is 5.73 Å². The summed E-state index contributed by atoms with van der Waals surface area (Å²) in [5, 5.41) is 0. The van der Waals surface area contributed by atoms with Crippen molar-refractivity contribution in [3.05, 3.63) is 12.2 Å². The molecule has 2 amide bonds. The second-order valence-corrected chi connectivity index (χ2v) is 4.88. The van der Waals surface area contributed by atoms with Crippen molar-refractivity contribution in [3.8, 4) is 0 Å². The molecular weight excluding hydrogens is 216 g/mol.